The monoisotopic (exact) mass is 281 g/mol. The Morgan fingerprint density at radius 1 is 1.42 bits per heavy atom. The van der Waals surface area contributed by atoms with Gasteiger partial charge in [-0.05, 0) is 44.4 Å². The quantitative estimate of drug-likeness (QED) is 0.867. The molecule has 1 fully saturated rings. The number of thiophene rings is 1. The van der Waals surface area contributed by atoms with Crippen LogP contribution in [0.3, 0.4) is 0 Å². The second-order valence-electron chi connectivity index (χ2n) is 5.27. The maximum atomic E-state index is 10.7. The lowest BCUT2D eigenvalue weighted by molar-refractivity contribution is -0.137. The van der Waals surface area contributed by atoms with Gasteiger partial charge in [0.1, 0.15) is 0 Å². The van der Waals surface area contributed by atoms with E-state index in [0.29, 0.717) is 12.5 Å². The van der Waals surface area contributed by atoms with Gasteiger partial charge in [0.15, 0.2) is 0 Å². The summed E-state index contributed by atoms with van der Waals surface area (Å²) in [7, 11) is 0. The van der Waals surface area contributed by atoms with E-state index in [2.05, 4.69) is 24.0 Å². The van der Waals surface area contributed by atoms with E-state index in [4.69, 9.17) is 5.11 Å². The first-order chi connectivity index (χ1) is 9.19. The molecule has 2 heterocycles. The first-order valence-electron chi connectivity index (χ1n) is 7.22. The van der Waals surface area contributed by atoms with Gasteiger partial charge in [-0.25, -0.2) is 0 Å². The van der Waals surface area contributed by atoms with E-state index in [1.165, 1.54) is 22.6 Å². The Morgan fingerprint density at radius 3 is 2.89 bits per heavy atom. The number of aryl methyl sites for hydroxylation is 1. The summed E-state index contributed by atoms with van der Waals surface area (Å²) in [4.78, 5) is 16.1. The van der Waals surface area contributed by atoms with Crippen LogP contribution >= 0.6 is 11.3 Å². The third kappa shape index (κ3) is 4.32. The predicted molar refractivity (Wildman–Crippen MR) is 78.6 cm³/mol. The fraction of sp³-hybridized carbons (Fsp3) is 0.667. The first-order valence-corrected chi connectivity index (χ1v) is 8.04. The molecule has 4 heteroatoms. The number of nitrogens with zero attached hydrogens (tertiary/aromatic N) is 1. The smallest absolute Gasteiger partial charge is 0.303 e. The minimum Gasteiger partial charge on any atom is -0.481 e. The molecule has 0 amide bonds. The van der Waals surface area contributed by atoms with Crippen LogP contribution in [0.25, 0.3) is 0 Å². The Balaban J connectivity index is 1.92. The summed E-state index contributed by atoms with van der Waals surface area (Å²) >= 11 is 1.89. The van der Waals surface area contributed by atoms with Crippen LogP contribution in [0.2, 0.25) is 0 Å². The largest absolute Gasteiger partial charge is 0.481 e. The van der Waals surface area contributed by atoms with Crippen molar-refractivity contribution in [1.29, 1.82) is 0 Å². The first kappa shape index (κ1) is 14.5. The predicted octanol–water partition coefficient (Wildman–Crippen LogP) is 3.53. The molecule has 0 aliphatic carbocycles. The highest BCUT2D eigenvalue weighted by atomic mass is 32.1. The minimum absolute atomic E-state index is 0.297. The molecule has 1 aliphatic rings. The van der Waals surface area contributed by atoms with Crippen molar-refractivity contribution in [2.75, 3.05) is 6.54 Å². The fourth-order valence-corrected chi connectivity index (χ4v) is 3.77. The van der Waals surface area contributed by atoms with Crippen LogP contribution in [0, 0.1) is 0 Å². The van der Waals surface area contributed by atoms with Gasteiger partial charge in [-0.2, -0.15) is 0 Å². The van der Waals surface area contributed by atoms with Gasteiger partial charge >= 0.3 is 5.97 Å². The lowest BCUT2D eigenvalue weighted by Gasteiger charge is -2.35. The molecule has 3 nitrogen and oxygen atoms in total. The van der Waals surface area contributed by atoms with Gasteiger partial charge in [-0.1, -0.05) is 13.3 Å². The van der Waals surface area contributed by atoms with Gasteiger partial charge in [0.25, 0.3) is 0 Å². The van der Waals surface area contributed by atoms with Gasteiger partial charge in [-0.3, -0.25) is 9.69 Å². The molecular weight excluding hydrogens is 258 g/mol. The molecular formula is C15H23NO2S. The highest BCUT2D eigenvalue weighted by Gasteiger charge is 2.23. The molecule has 0 bridgehead atoms. The van der Waals surface area contributed by atoms with E-state index in [-0.39, 0.29) is 0 Å². The van der Waals surface area contributed by atoms with Crippen LogP contribution in [0.5, 0.6) is 0 Å². The van der Waals surface area contributed by atoms with E-state index in [1.807, 2.05) is 11.3 Å². The zero-order chi connectivity index (χ0) is 13.7. The molecule has 106 valence electrons. The third-order valence-corrected chi connectivity index (χ3v) is 5.08. The number of carboxylic acid groups (broad SMARTS) is 1. The van der Waals surface area contributed by atoms with Crippen molar-refractivity contribution < 1.29 is 9.90 Å². The molecule has 1 aromatic rings. The van der Waals surface area contributed by atoms with Crippen LogP contribution < -0.4 is 0 Å². The SMILES string of the molecule is CCc1ccc(CN2CCCCC2CCC(=O)O)s1. The molecule has 0 aromatic carbocycles. The van der Waals surface area contributed by atoms with Crippen LogP contribution in [0.4, 0.5) is 0 Å². The Hall–Kier alpha value is -0.870. The van der Waals surface area contributed by atoms with Crippen molar-refractivity contribution in [2.45, 2.75) is 58.0 Å². The van der Waals surface area contributed by atoms with Gasteiger partial charge < -0.3 is 5.11 Å². The zero-order valence-corrected chi connectivity index (χ0v) is 12.4. The molecule has 1 saturated heterocycles. The van der Waals surface area contributed by atoms with Crippen molar-refractivity contribution in [3.8, 4) is 0 Å². The lowest BCUT2D eigenvalue weighted by Crippen LogP contribution is -2.39. The number of carbonyl (C=O) groups is 1. The zero-order valence-electron chi connectivity index (χ0n) is 11.6. The van der Waals surface area contributed by atoms with Gasteiger partial charge in [0, 0.05) is 28.8 Å². The van der Waals surface area contributed by atoms with Crippen molar-refractivity contribution in [1.82, 2.24) is 4.90 Å². The fourth-order valence-electron chi connectivity index (χ4n) is 2.78. The van der Waals surface area contributed by atoms with Crippen molar-refractivity contribution in [2.24, 2.45) is 0 Å². The van der Waals surface area contributed by atoms with Crippen molar-refractivity contribution in [3.63, 3.8) is 0 Å². The van der Waals surface area contributed by atoms with E-state index >= 15 is 0 Å². The maximum Gasteiger partial charge on any atom is 0.303 e. The number of hydrogen-bond acceptors (Lipinski definition) is 3. The summed E-state index contributed by atoms with van der Waals surface area (Å²) in [6, 6.07) is 4.90. The van der Waals surface area contributed by atoms with E-state index in [9.17, 15) is 4.79 Å². The molecule has 19 heavy (non-hydrogen) atoms. The Morgan fingerprint density at radius 2 is 2.21 bits per heavy atom. The standard InChI is InChI=1S/C15H23NO2S/c1-2-13-7-8-14(19-13)11-16-10-4-3-5-12(16)6-9-15(17)18/h7-8,12H,2-6,9-11H2,1H3,(H,17,18). The van der Waals surface area contributed by atoms with E-state index < -0.39 is 5.97 Å². The molecule has 1 aromatic heterocycles. The lowest BCUT2D eigenvalue weighted by atomic mass is 9.98. The van der Waals surface area contributed by atoms with Crippen LogP contribution in [0.1, 0.15) is 48.8 Å². The summed E-state index contributed by atoms with van der Waals surface area (Å²) in [5.74, 6) is -0.671. The van der Waals surface area contributed by atoms with E-state index in [1.54, 1.807) is 0 Å². The molecule has 0 saturated carbocycles. The topological polar surface area (TPSA) is 40.5 Å². The minimum atomic E-state index is -0.671. The Kier molecular flexibility index (Phi) is 5.40. The van der Waals surface area contributed by atoms with Crippen LogP contribution in [-0.4, -0.2) is 28.6 Å². The van der Waals surface area contributed by atoms with E-state index in [0.717, 1.165) is 32.4 Å². The van der Waals surface area contributed by atoms with Crippen LogP contribution in [-0.2, 0) is 17.8 Å². The molecule has 1 unspecified atom stereocenters. The van der Waals surface area contributed by atoms with Gasteiger partial charge in [-0.15, -0.1) is 11.3 Å². The molecule has 0 radical (unpaired) electrons. The molecule has 1 atom stereocenters. The highest BCUT2D eigenvalue weighted by molar-refractivity contribution is 7.11. The van der Waals surface area contributed by atoms with Gasteiger partial charge in [0.05, 0.1) is 0 Å². The highest BCUT2D eigenvalue weighted by Crippen LogP contribution is 2.25. The summed E-state index contributed by atoms with van der Waals surface area (Å²) in [5, 5.41) is 8.84. The average Bonchev–Trinajstić information content (AvgIpc) is 2.85. The number of likely N-dealkylation sites (tertiary alicyclic amines) is 1. The maximum absolute atomic E-state index is 10.7. The number of hydrogen-bond donors (Lipinski definition) is 1. The number of aliphatic carboxylic acids is 1. The number of piperidine rings is 1. The number of rotatable bonds is 6. The normalized spacial score (nSPS) is 20.6. The second-order valence-corrected chi connectivity index (χ2v) is 6.53. The van der Waals surface area contributed by atoms with Gasteiger partial charge in [0.2, 0.25) is 0 Å². The Bertz CT molecular complexity index is 416. The molecule has 0 spiro atoms. The average molecular weight is 281 g/mol. The molecule has 1 N–H and O–H groups in total. The summed E-state index contributed by atoms with van der Waals surface area (Å²) < 4.78 is 0. The summed E-state index contributed by atoms with van der Waals surface area (Å²) in [6.45, 7) is 4.30. The second kappa shape index (κ2) is 7.06. The Labute approximate surface area is 119 Å². The molecule has 1 aliphatic heterocycles. The van der Waals surface area contributed by atoms with Crippen molar-refractivity contribution >= 4 is 17.3 Å². The molecule has 2 rings (SSSR count). The van der Waals surface area contributed by atoms with Crippen LogP contribution in [0.15, 0.2) is 12.1 Å². The van der Waals surface area contributed by atoms with Crippen molar-refractivity contribution in [3.05, 3.63) is 21.9 Å². The number of carboxylic acids is 1. The summed E-state index contributed by atoms with van der Waals surface area (Å²) in [6.07, 6.45) is 5.83. The summed E-state index contributed by atoms with van der Waals surface area (Å²) in [5.41, 5.74) is 0. The third-order valence-electron chi connectivity index (χ3n) is 3.87.